The fourth-order valence-electron chi connectivity index (χ4n) is 4.41. The maximum absolute atomic E-state index is 15.2. The van der Waals surface area contributed by atoms with E-state index in [-0.39, 0.29) is 40.0 Å². The van der Waals surface area contributed by atoms with Crippen molar-refractivity contribution in [1.29, 1.82) is 5.26 Å². The van der Waals surface area contributed by atoms with Crippen LogP contribution >= 0.6 is 0 Å². The van der Waals surface area contributed by atoms with E-state index in [9.17, 15) is 13.2 Å². The van der Waals surface area contributed by atoms with Crippen molar-refractivity contribution in [3.63, 3.8) is 0 Å². The first-order valence-electron chi connectivity index (χ1n) is 12.1. The number of amides is 1. The van der Waals surface area contributed by atoms with E-state index in [1.54, 1.807) is 31.2 Å². The van der Waals surface area contributed by atoms with Crippen LogP contribution in [-0.4, -0.2) is 30.2 Å². The Bertz CT molecular complexity index is 1680. The Balaban J connectivity index is 1.32. The summed E-state index contributed by atoms with van der Waals surface area (Å²) in [5, 5.41) is 15.4. The number of carbonyl (C=O) groups excluding carboxylic acids is 1. The van der Waals surface area contributed by atoms with Crippen LogP contribution in [0.3, 0.4) is 0 Å². The maximum Gasteiger partial charge on any atom is 0.257 e. The summed E-state index contributed by atoms with van der Waals surface area (Å²) in [5.74, 6) is -1.91. The van der Waals surface area contributed by atoms with E-state index in [1.165, 1.54) is 24.3 Å². The number of carbonyl (C=O) groups is 1. The highest BCUT2D eigenvalue weighted by atomic mass is 32.2. The Morgan fingerprint density at radius 3 is 2.28 bits per heavy atom. The average Bonchev–Trinajstić information content (AvgIpc) is 3.54. The summed E-state index contributed by atoms with van der Waals surface area (Å²) in [6.07, 6.45) is 0.730. The first-order chi connectivity index (χ1) is 18.6. The molecular weight excluding hydrogens is 526 g/mol. The van der Waals surface area contributed by atoms with Crippen LogP contribution in [0, 0.1) is 23.0 Å². The van der Waals surface area contributed by atoms with Crippen LogP contribution in [0.2, 0.25) is 0 Å². The van der Waals surface area contributed by atoms with E-state index in [1.807, 2.05) is 6.07 Å². The number of hydrogen-bond donors (Lipinski definition) is 1. The molecule has 0 spiro atoms. The quantitative estimate of drug-likeness (QED) is 0.330. The lowest BCUT2D eigenvalue weighted by atomic mass is 9.93. The van der Waals surface area contributed by atoms with Crippen molar-refractivity contribution in [2.45, 2.75) is 36.5 Å². The van der Waals surface area contributed by atoms with Crippen molar-refractivity contribution < 1.29 is 26.5 Å². The van der Waals surface area contributed by atoms with Crippen LogP contribution < -0.4 is 5.32 Å². The molecule has 39 heavy (non-hydrogen) atoms. The second-order valence-corrected chi connectivity index (χ2v) is 11.6. The van der Waals surface area contributed by atoms with Crippen molar-refractivity contribution in [2.24, 2.45) is 0 Å². The Labute approximate surface area is 223 Å². The lowest BCUT2D eigenvalue weighted by Crippen LogP contribution is -2.18. The fourth-order valence-corrected chi connectivity index (χ4v) is 5.29. The number of rotatable bonds is 8. The van der Waals surface area contributed by atoms with Crippen molar-refractivity contribution in [3.8, 4) is 17.5 Å². The van der Waals surface area contributed by atoms with Crippen LogP contribution in [0.25, 0.3) is 11.5 Å². The van der Waals surface area contributed by atoms with Gasteiger partial charge in [-0.15, -0.1) is 0 Å². The molecule has 0 unspecified atom stereocenters. The Morgan fingerprint density at radius 1 is 1.08 bits per heavy atom. The van der Waals surface area contributed by atoms with E-state index in [4.69, 9.17) is 9.78 Å². The largest absolute Gasteiger partial charge is 0.334 e. The number of nitriles is 1. The van der Waals surface area contributed by atoms with Crippen LogP contribution in [0.4, 0.5) is 14.5 Å². The number of nitrogens with one attached hydrogen (secondary N) is 1. The Morgan fingerprint density at radius 2 is 1.72 bits per heavy atom. The molecule has 8 nitrogen and oxygen atoms in total. The first kappa shape index (κ1) is 26.2. The van der Waals surface area contributed by atoms with E-state index >= 15 is 8.78 Å². The molecule has 1 aliphatic carbocycles. The smallest absolute Gasteiger partial charge is 0.257 e. The lowest BCUT2D eigenvalue weighted by molar-refractivity contribution is -0.115. The number of sulfone groups is 1. The number of benzene rings is 3. The minimum atomic E-state index is -3.36. The molecule has 1 N–H and O–H groups in total. The second-order valence-electron chi connectivity index (χ2n) is 9.28. The third-order valence-electron chi connectivity index (χ3n) is 6.70. The third-order valence-corrected chi connectivity index (χ3v) is 8.45. The predicted molar refractivity (Wildman–Crippen MR) is 137 cm³/mol. The molecular formula is C28H22F2N4O4S. The monoisotopic (exact) mass is 548 g/mol. The molecule has 1 aromatic heterocycles. The van der Waals surface area contributed by atoms with Crippen LogP contribution in [0.5, 0.6) is 0 Å². The van der Waals surface area contributed by atoms with Gasteiger partial charge in [-0.1, -0.05) is 24.2 Å². The predicted octanol–water partition coefficient (Wildman–Crippen LogP) is 4.94. The third kappa shape index (κ3) is 5.15. The Kier molecular flexibility index (Phi) is 6.74. The molecule has 1 aliphatic rings. The molecule has 0 bridgehead atoms. The molecule has 4 aromatic rings. The van der Waals surface area contributed by atoms with Gasteiger partial charge >= 0.3 is 0 Å². The lowest BCUT2D eigenvalue weighted by Gasteiger charge is -2.15. The summed E-state index contributed by atoms with van der Waals surface area (Å²) < 4.78 is 59.7. The van der Waals surface area contributed by atoms with Gasteiger partial charge < -0.3 is 9.84 Å². The summed E-state index contributed by atoms with van der Waals surface area (Å²) >= 11 is 0. The summed E-state index contributed by atoms with van der Waals surface area (Å²) in [4.78, 5) is 17.0. The summed E-state index contributed by atoms with van der Waals surface area (Å²) in [5.41, 5.74) is 0.266. The number of aromatic nitrogens is 2. The number of hydrogen-bond acceptors (Lipinski definition) is 7. The maximum atomic E-state index is 15.2. The zero-order valence-electron chi connectivity index (χ0n) is 20.7. The summed E-state index contributed by atoms with van der Waals surface area (Å²) in [7, 11) is -3.36. The van der Waals surface area contributed by atoms with Crippen molar-refractivity contribution in [3.05, 3.63) is 94.8 Å². The molecule has 0 atom stereocenters. The van der Waals surface area contributed by atoms with Crippen molar-refractivity contribution in [1.82, 2.24) is 10.1 Å². The summed E-state index contributed by atoms with van der Waals surface area (Å²) in [6.45, 7) is 1.54. The zero-order chi connectivity index (χ0) is 27.8. The minimum Gasteiger partial charge on any atom is -0.334 e. The van der Waals surface area contributed by atoms with Gasteiger partial charge in [-0.05, 0) is 66.9 Å². The minimum absolute atomic E-state index is 0.0355. The molecule has 0 saturated heterocycles. The van der Waals surface area contributed by atoms with Crippen LogP contribution in [0.1, 0.15) is 42.3 Å². The molecule has 198 valence electrons. The average molecular weight is 549 g/mol. The van der Waals surface area contributed by atoms with Gasteiger partial charge in [0.05, 0.1) is 34.1 Å². The van der Waals surface area contributed by atoms with E-state index in [0.29, 0.717) is 29.5 Å². The van der Waals surface area contributed by atoms with Crippen molar-refractivity contribution >= 4 is 21.4 Å². The van der Waals surface area contributed by atoms with Gasteiger partial charge in [0.1, 0.15) is 11.6 Å². The summed E-state index contributed by atoms with van der Waals surface area (Å²) in [6, 6.07) is 16.5. The first-order valence-corrected chi connectivity index (χ1v) is 13.8. The van der Waals surface area contributed by atoms with Crippen molar-refractivity contribution in [2.75, 3.05) is 11.1 Å². The van der Waals surface area contributed by atoms with Gasteiger partial charge in [-0.3, -0.25) is 4.79 Å². The molecule has 1 amide bonds. The number of nitrogens with zero attached hydrogens (tertiary/aromatic N) is 3. The highest BCUT2D eigenvalue weighted by Crippen LogP contribution is 2.54. The van der Waals surface area contributed by atoms with Gasteiger partial charge in [0, 0.05) is 16.8 Å². The van der Waals surface area contributed by atoms with Gasteiger partial charge in [-0.25, -0.2) is 17.2 Å². The van der Waals surface area contributed by atoms with Gasteiger partial charge in [0.2, 0.25) is 5.91 Å². The zero-order valence-corrected chi connectivity index (χ0v) is 21.6. The van der Waals surface area contributed by atoms with Crippen LogP contribution in [0.15, 0.2) is 70.1 Å². The molecule has 1 saturated carbocycles. The van der Waals surface area contributed by atoms with Gasteiger partial charge in [-0.2, -0.15) is 10.2 Å². The second kappa shape index (κ2) is 10.0. The molecule has 5 rings (SSSR count). The van der Waals surface area contributed by atoms with Gasteiger partial charge in [0.15, 0.2) is 15.7 Å². The molecule has 3 aromatic carbocycles. The highest BCUT2D eigenvalue weighted by molar-refractivity contribution is 7.91. The molecule has 1 heterocycles. The standard InChI is InChI=1S/C28H22F2N4O4S/c1-2-39(36,37)21-9-5-17(6-10-21)13-24(35)32-20-14-22(29)25(23(30)15-20)28(11-12-28)27-33-26(38-34-27)19-7-3-18(16-31)4-8-19/h3-10,14-15H,2,11-13H2,1H3,(H,32,35). The van der Waals surface area contributed by atoms with E-state index in [2.05, 4.69) is 15.5 Å². The molecule has 1 fully saturated rings. The molecule has 0 radical (unpaired) electrons. The number of anilines is 1. The van der Waals surface area contributed by atoms with Crippen LogP contribution in [-0.2, 0) is 26.5 Å². The fraction of sp³-hybridized carbons (Fsp3) is 0.214. The topological polar surface area (TPSA) is 126 Å². The highest BCUT2D eigenvalue weighted by Gasteiger charge is 2.53. The molecule has 11 heteroatoms. The number of halogens is 2. The normalized spacial score (nSPS) is 14.0. The van der Waals surface area contributed by atoms with Gasteiger partial charge in [0.25, 0.3) is 5.89 Å². The molecule has 0 aliphatic heterocycles. The van der Waals surface area contributed by atoms with E-state index in [0.717, 1.165) is 12.1 Å². The van der Waals surface area contributed by atoms with E-state index < -0.39 is 32.8 Å². The Hall–Kier alpha value is -4.43. The SMILES string of the molecule is CCS(=O)(=O)c1ccc(CC(=O)Nc2cc(F)c(C3(c4noc(-c5ccc(C#N)cc5)n4)CC3)c(F)c2)cc1.